The molecule has 18 heavy (non-hydrogen) atoms. The summed E-state index contributed by atoms with van der Waals surface area (Å²) in [7, 11) is -4.49. The van der Waals surface area contributed by atoms with E-state index in [4.69, 9.17) is 5.11 Å². The number of halogens is 3. The zero-order valence-electron chi connectivity index (χ0n) is 9.45. The number of nitrogens with one attached hydrogen (secondary N) is 1. The first-order valence-electron chi connectivity index (χ1n) is 5.09. The van der Waals surface area contributed by atoms with Gasteiger partial charge < -0.3 is 5.11 Å². The van der Waals surface area contributed by atoms with E-state index >= 15 is 0 Å². The van der Waals surface area contributed by atoms with Gasteiger partial charge in [0, 0.05) is 18.2 Å². The predicted molar refractivity (Wildman–Crippen MR) is 57.8 cm³/mol. The van der Waals surface area contributed by atoms with Crippen LogP contribution >= 0.6 is 0 Å². The SMILES string of the molecule is CC[C@H](CO)NS(=O)(=O)c1c(F)cc(F)cc1F. The zero-order valence-corrected chi connectivity index (χ0v) is 10.3. The molecule has 0 amide bonds. The van der Waals surface area contributed by atoms with Crippen LogP contribution in [-0.2, 0) is 10.0 Å². The van der Waals surface area contributed by atoms with Crippen LogP contribution in [0.5, 0.6) is 0 Å². The highest BCUT2D eigenvalue weighted by Crippen LogP contribution is 2.20. The molecule has 0 unspecified atom stereocenters. The van der Waals surface area contributed by atoms with E-state index in [-0.39, 0.29) is 18.6 Å². The van der Waals surface area contributed by atoms with Crippen LogP contribution in [0.4, 0.5) is 13.2 Å². The zero-order chi connectivity index (χ0) is 13.9. The van der Waals surface area contributed by atoms with E-state index in [0.717, 1.165) is 0 Å². The van der Waals surface area contributed by atoms with Crippen molar-refractivity contribution in [2.75, 3.05) is 6.61 Å². The second-order valence-corrected chi connectivity index (χ2v) is 5.26. The van der Waals surface area contributed by atoms with Crippen LogP contribution in [0.25, 0.3) is 0 Å². The fourth-order valence-corrected chi connectivity index (χ4v) is 2.74. The Morgan fingerprint density at radius 2 is 1.78 bits per heavy atom. The average Bonchev–Trinajstić information content (AvgIpc) is 2.23. The molecule has 1 aromatic carbocycles. The summed E-state index contributed by atoms with van der Waals surface area (Å²) in [6.45, 7) is 1.07. The Morgan fingerprint density at radius 1 is 1.28 bits per heavy atom. The summed E-state index contributed by atoms with van der Waals surface area (Å²) in [4.78, 5) is -1.25. The summed E-state index contributed by atoms with van der Waals surface area (Å²) >= 11 is 0. The van der Waals surface area contributed by atoms with Crippen molar-refractivity contribution in [2.45, 2.75) is 24.3 Å². The van der Waals surface area contributed by atoms with E-state index < -0.39 is 45.0 Å². The Morgan fingerprint density at radius 3 is 2.17 bits per heavy atom. The predicted octanol–water partition coefficient (Wildman–Crippen LogP) is 1.15. The summed E-state index contributed by atoms with van der Waals surface area (Å²) in [5.41, 5.74) is 0. The maximum absolute atomic E-state index is 13.3. The van der Waals surface area contributed by atoms with Crippen molar-refractivity contribution >= 4 is 10.0 Å². The monoisotopic (exact) mass is 283 g/mol. The van der Waals surface area contributed by atoms with Gasteiger partial charge in [0.15, 0.2) is 4.90 Å². The standard InChI is InChI=1S/C10H12F3NO3S/c1-2-7(5-15)14-18(16,17)10-8(12)3-6(11)4-9(10)13/h3-4,7,14-15H,2,5H2,1H3/t7-/m1/s1. The third-order valence-electron chi connectivity index (χ3n) is 2.27. The number of benzene rings is 1. The number of rotatable bonds is 5. The van der Waals surface area contributed by atoms with Gasteiger partial charge in [-0.15, -0.1) is 0 Å². The third-order valence-corrected chi connectivity index (χ3v) is 3.84. The van der Waals surface area contributed by atoms with Gasteiger partial charge in [0.2, 0.25) is 10.0 Å². The number of sulfonamides is 1. The van der Waals surface area contributed by atoms with Gasteiger partial charge >= 0.3 is 0 Å². The highest BCUT2D eigenvalue weighted by Gasteiger charge is 2.27. The molecule has 102 valence electrons. The molecule has 0 saturated carbocycles. The van der Waals surface area contributed by atoms with Crippen molar-refractivity contribution in [3.05, 3.63) is 29.6 Å². The van der Waals surface area contributed by atoms with Crippen molar-refractivity contribution < 1.29 is 26.7 Å². The van der Waals surface area contributed by atoms with Crippen LogP contribution < -0.4 is 4.72 Å². The van der Waals surface area contributed by atoms with Crippen LogP contribution in [0.15, 0.2) is 17.0 Å². The van der Waals surface area contributed by atoms with E-state index in [0.29, 0.717) is 0 Å². The molecular weight excluding hydrogens is 271 g/mol. The minimum absolute atomic E-state index is 0.236. The fraction of sp³-hybridized carbons (Fsp3) is 0.400. The Labute approximate surface area is 102 Å². The molecule has 1 aromatic rings. The lowest BCUT2D eigenvalue weighted by Crippen LogP contribution is -2.37. The van der Waals surface area contributed by atoms with Crippen molar-refractivity contribution in [1.29, 1.82) is 0 Å². The minimum Gasteiger partial charge on any atom is -0.395 e. The van der Waals surface area contributed by atoms with E-state index in [1.807, 2.05) is 4.72 Å². The van der Waals surface area contributed by atoms with E-state index in [2.05, 4.69) is 0 Å². The molecule has 0 radical (unpaired) electrons. The topological polar surface area (TPSA) is 66.4 Å². The van der Waals surface area contributed by atoms with Crippen molar-refractivity contribution in [2.24, 2.45) is 0 Å². The highest BCUT2D eigenvalue weighted by molar-refractivity contribution is 7.89. The van der Waals surface area contributed by atoms with Gasteiger partial charge in [-0.25, -0.2) is 26.3 Å². The van der Waals surface area contributed by atoms with Crippen LogP contribution in [0, 0.1) is 17.5 Å². The first-order chi connectivity index (χ1) is 8.31. The van der Waals surface area contributed by atoms with Crippen LogP contribution in [0.2, 0.25) is 0 Å². The first-order valence-corrected chi connectivity index (χ1v) is 6.57. The maximum atomic E-state index is 13.3. The second-order valence-electron chi connectivity index (χ2n) is 3.61. The van der Waals surface area contributed by atoms with Crippen LogP contribution in [0.3, 0.4) is 0 Å². The molecule has 0 aliphatic rings. The first kappa shape index (κ1) is 14.9. The lowest BCUT2D eigenvalue weighted by Gasteiger charge is -2.15. The lowest BCUT2D eigenvalue weighted by atomic mass is 10.3. The molecule has 0 aliphatic heterocycles. The van der Waals surface area contributed by atoms with Gasteiger partial charge in [-0.1, -0.05) is 6.92 Å². The van der Waals surface area contributed by atoms with Gasteiger partial charge in [0.25, 0.3) is 0 Å². The molecule has 8 heteroatoms. The Balaban J connectivity index is 3.21. The number of hydrogen-bond acceptors (Lipinski definition) is 3. The molecule has 0 spiro atoms. The minimum atomic E-state index is -4.49. The quantitative estimate of drug-likeness (QED) is 0.852. The molecule has 0 bridgehead atoms. The van der Waals surface area contributed by atoms with E-state index in [1.165, 1.54) is 0 Å². The summed E-state index contributed by atoms with van der Waals surface area (Å²) in [6.07, 6.45) is 0.236. The van der Waals surface area contributed by atoms with Gasteiger partial charge in [0.1, 0.15) is 17.5 Å². The molecular formula is C10H12F3NO3S. The summed E-state index contributed by atoms with van der Waals surface area (Å²) in [6, 6.07) is -0.311. The van der Waals surface area contributed by atoms with Crippen LogP contribution in [-0.4, -0.2) is 26.2 Å². The number of aliphatic hydroxyl groups is 1. The Hall–Kier alpha value is -1.12. The number of hydrogen-bond donors (Lipinski definition) is 2. The van der Waals surface area contributed by atoms with Crippen LogP contribution in [0.1, 0.15) is 13.3 Å². The van der Waals surface area contributed by atoms with Gasteiger partial charge in [-0.3, -0.25) is 0 Å². The lowest BCUT2D eigenvalue weighted by molar-refractivity contribution is 0.253. The fourth-order valence-electron chi connectivity index (χ4n) is 1.31. The molecule has 0 aromatic heterocycles. The van der Waals surface area contributed by atoms with Crippen molar-refractivity contribution in [3.63, 3.8) is 0 Å². The molecule has 1 rings (SSSR count). The largest absolute Gasteiger partial charge is 0.395 e. The Kier molecular flexibility index (Phi) is 4.71. The molecule has 0 heterocycles. The van der Waals surface area contributed by atoms with Gasteiger partial charge in [-0.2, -0.15) is 0 Å². The molecule has 4 nitrogen and oxygen atoms in total. The highest BCUT2D eigenvalue weighted by atomic mass is 32.2. The molecule has 1 atom stereocenters. The van der Waals surface area contributed by atoms with Gasteiger partial charge in [-0.05, 0) is 6.42 Å². The molecule has 0 saturated heterocycles. The van der Waals surface area contributed by atoms with Gasteiger partial charge in [0.05, 0.1) is 6.61 Å². The van der Waals surface area contributed by atoms with E-state index in [9.17, 15) is 21.6 Å². The average molecular weight is 283 g/mol. The van der Waals surface area contributed by atoms with Crippen molar-refractivity contribution in [1.82, 2.24) is 4.72 Å². The molecule has 0 aliphatic carbocycles. The summed E-state index contributed by atoms with van der Waals surface area (Å²) in [5, 5.41) is 8.84. The number of aliphatic hydroxyl groups excluding tert-OH is 1. The smallest absolute Gasteiger partial charge is 0.246 e. The normalized spacial score (nSPS) is 13.6. The molecule has 0 fully saturated rings. The summed E-state index contributed by atoms with van der Waals surface area (Å²) < 4.78 is 64.6. The summed E-state index contributed by atoms with van der Waals surface area (Å²) in [5.74, 6) is -4.25. The van der Waals surface area contributed by atoms with E-state index in [1.54, 1.807) is 6.92 Å². The Bertz CT molecular complexity index is 506. The third kappa shape index (κ3) is 3.21. The maximum Gasteiger partial charge on any atom is 0.246 e. The molecule has 2 N–H and O–H groups in total. The second kappa shape index (κ2) is 5.68. The van der Waals surface area contributed by atoms with Crippen molar-refractivity contribution in [3.8, 4) is 0 Å².